The predicted octanol–water partition coefficient (Wildman–Crippen LogP) is 1.12. The first-order valence-corrected chi connectivity index (χ1v) is 3.56. The minimum absolute atomic E-state index is 0.0975. The molecule has 0 N–H and O–H groups in total. The molecule has 0 spiro atoms. The summed E-state index contributed by atoms with van der Waals surface area (Å²) in [6, 6.07) is 0. The molecule has 2 aliphatic heterocycles. The number of hydrogen-bond acceptors (Lipinski definition) is 3. The molecule has 0 unspecified atom stereocenters. The Balaban J connectivity index is 2.34. The second-order valence-electron chi connectivity index (χ2n) is 2.57. The first-order valence-electron chi connectivity index (χ1n) is 3.56. The van der Waals surface area contributed by atoms with Crippen LogP contribution in [-0.4, -0.2) is 12.4 Å². The van der Waals surface area contributed by atoms with Crippen LogP contribution in [0.4, 0.5) is 0 Å². The first kappa shape index (κ1) is 6.46. The van der Waals surface area contributed by atoms with Gasteiger partial charge in [0.15, 0.2) is 5.76 Å². The minimum Gasteiger partial charge on any atom is -0.465 e. The smallest absolute Gasteiger partial charge is 0.292 e. The number of rotatable bonds is 0. The van der Waals surface area contributed by atoms with Crippen molar-refractivity contribution in [2.45, 2.75) is 12.8 Å². The van der Waals surface area contributed by atoms with E-state index >= 15 is 0 Å². The van der Waals surface area contributed by atoms with Crippen LogP contribution in [0, 0.1) is 0 Å². The van der Waals surface area contributed by atoms with Gasteiger partial charge in [-0.05, 0) is 12.8 Å². The average Bonchev–Trinajstić information content (AvgIpc) is 2.30. The number of Topliss-reactive ketones (excluding diaryl/α,β-unsaturated/α-hetero) is 1. The van der Waals surface area contributed by atoms with Gasteiger partial charge in [-0.25, -0.2) is 0 Å². The largest absolute Gasteiger partial charge is 0.465 e. The van der Waals surface area contributed by atoms with Crippen molar-refractivity contribution in [3.8, 4) is 0 Å². The second kappa shape index (κ2) is 2.12. The molecule has 0 atom stereocenters. The average molecular weight is 152 g/mol. The van der Waals surface area contributed by atoms with Gasteiger partial charge in [-0.3, -0.25) is 4.79 Å². The van der Waals surface area contributed by atoms with E-state index in [2.05, 4.69) is 6.58 Å². The lowest BCUT2D eigenvalue weighted by molar-refractivity contribution is -0.113. The molecule has 0 aliphatic carbocycles. The van der Waals surface area contributed by atoms with Crippen LogP contribution >= 0.6 is 0 Å². The third-order valence-electron chi connectivity index (χ3n) is 1.79. The zero-order valence-electron chi connectivity index (χ0n) is 6.05. The normalized spacial score (nSPS) is 22.9. The van der Waals surface area contributed by atoms with Crippen LogP contribution in [0.25, 0.3) is 0 Å². The summed E-state index contributed by atoms with van der Waals surface area (Å²) in [6.45, 7) is 4.10. The Bertz CT molecular complexity index is 263. The summed E-state index contributed by atoms with van der Waals surface area (Å²) < 4.78 is 10.1. The quantitative estimate of drug-likeness (QED) is 0.488. The van der Waals surface area contributed by atoms with E-state index in [-0.39, 0.29) is 11.5 Å². The molecule has 2 aliphatic rings. The number of allylic oxidation sites excluding steroid dienone is 1. The summed E-state index contributed by atoms with van der Waals surface area (Å²) in [7, 11) is 0. The number of carbonyl (C=O) groups is 1. The molecule has 0 saturated heterocycles. The van der Waals surface area contributed by atoms with Gasteiger partial charge in [-0.2, -0.15) is 0 Å². The summed E-state index contributed by atoms with van der Waals surface area (Å²) in [5, 5.41) is 0. The zero-order chi connectivity index (χ0) is 7.84. The summed E-state index contributed by atoms with van der Waals surface area (Å²) in [4.78, 5) is 11.2. The molecule has 0 bridgehead atoms. The molecular formula is C8H8O3. The number of ether oxygens (including phenoxy) is 2. The molecule has 0 fully saturated rings. The van der Waals surface area contributed by atoms with E-state index in [4.69, 9.17) is 9.47 Å². The van der Waals surface area contributed by atoms with Crippen LogP contribution in [0.2, 0.25) is 0 Å². The topological polar surface area (TPSA) is 35.5 Å². The molecule has 0 amide bonds. The van der Waals surface area contributed by atoms with E-state index in [9.17, 15) is 4.79 Å². The van der Waals surface area contributed by atoms with Gasteiger partial charge in [0.2, 0.25) is 5.78 Å². The van der Waals surface area contributed by atoms with Crippen LogP contribution < -0.4 is 0 Å². The van der Waals surface area contributed by atoms with Gasteiger partial charge in [0.25, 0.3) is 5.95 Å². The van der Waals surface area contributed by atoms with Crippen LogP contribution in [-0.2, 0) is 14.3 Å². The molecule has 3 nitrogen and oxygen atoms in total. The van der Waals surface area contributed by atoms with Crippen molar-refractivity contribution in [1.29, 1.82) is 0 Å². The Hall–Kier alpha value is -1.25. The Labute approximate surface area is 64.3 Å². The molecule has 0 aromatic carbocycles. The van der Waals surface area contributed by atoms with Crippen molar-refractivity contribution in [2.75, 3.05) is 6.61 Å². The van der Waals surface area contributed by atoms with E-state index in [0.717, 1.165) is 12.8 Å². The van der Waals surface area contributed by atoms with Gasteiger partial charge < -0.3 is 9.47 Å². The maximum Gasteiger partial charge on any atom is 0.292 e. The SMILES string of the molecule is C=C1OC2=C(CCCO2)C1=O. The van der Waals surface area contributed by atoms with Crippen molar-refractivity contribution in [3.05, 3.63) is 23.9 Å². The Morgan fingerprint density at radius 3 is 3.00 bits per heavy atom. The number of hydrogen-bond donors (Lipinski definition) is 0. The predicted molar refractivity (Wildman–Crippen MR) is 37.4 cm³/mol. The van der Waals surface area contributed by atoms with Crippen molar-refractivity contribution in [2.24, 2.45) is 0 Å². The van der Waals surface area contributed by atoms with Crippen molar-refractivity contribution >= 4 is 5.78 Å². The van der Waals surface area contributed by atoms with E-state index in [1.54, 1.807) is 0 Å². The summed E-state index contributed by atoms with van der Waals surface area (Å²) in [5.74, 6) is 0.475. The van der Waals surface area contributed by atoms with Gasteiger partial charge in [0.05, 0.1) is 12.2 Å². The molecular weight excluding hydrogens is 144 g/mol. The van der Waals surface area contributed by atoms with Crippen LogP contribution in [0.15, 0.2) is 23.9 Å². The molecule has 11 heavy (non-hydrogen) atoms. The molecule has 3 heteroatoms. The van der Waals surface area contributed by atoms with Crippen molar-refractivity contribution in [1.82, 2.24) is 0 Å². The third-order valence-corrected chi connectivity index (χ3v) is 1.79. The second-order valence-corrected chi connectivity index (χ2v) is 2.57. The number of ketones is 1. The van der Waals surface area contributed by atoms with Crippen molar-refractivity contribution in [3.63, 3.8) is 0 Å². The van der Waals surface area contributed by atoms with Crippen molar-refractivity contribution < 1.29 is 14.3 Å². The highest BCUT2D eigenvalue weighted by Gasteiger charge is 2.32. The molecule has 2 heterocycles. The van der Waals surface area contributed by atoms with E-state index in [1.165, 1.54) is 0 Å². The van der Waals surface area contributed by atoms with Gasteiger partial charge in [0, 0.05) is 0 Å². The van der Waals surface area contributed by atoms with E-state index in [0.29, 0.717) is 18.1 Å². The molecule has 58 valence electrons. The zero-order valence-corrected chi connectivity index (χ0v) is 6.05. The molecule has 0 saturated carbocycles. The third kappa shape index (κ3) is 0.843. The Kier molecular flexibility index (Phi) is 1.24. The highest BCUT2D eigenvalue weighted by molar-refractivity contribution is 6.08. The summed E-state index contributed by atoms with van der Waals surface area (Å²) in [6.07, 6.45) is 1.65. The summed E-state index contributed by atoms with van der Waals surface area (Å²) in [5.41, 5.74) is 0.654. The lowest BCUT2D eigenvalue weighted by Gasteiger charge is -2.11. The lowest BCUT2D eigenvalue weighted by atomic mass is 10.1. The molecule has 0 radical (unpaired) electrons. The van der Waals surface area contributed by atoms with Gasteiger partial charge in [-0.1, -0.05) is 6.58 Å². The van der Waals surface area contributed by atoms with Gasteiger partial charge >= 0.3 is 0 Å². The van der Waals surface area contributed by atoms with E-state index < -0.39 is 0 Å². The van der Waals surface area contributed by atoms with E-state index in [1.807, 2.05) is 0 Å². The highest BCUT2D eigenvalue weighted by Crippen LogP contribution is 2.30. The molecule has 2 rings (SSSR count). The first-order chi connectivity index (χ1) is 5.29. The fourth-order valence-corrected chi connectivity index (χ4v) is 1.23. The monoisotopic (exact) mass is 152 g/mol. The molecule has 0 aromatic heterocycles. The van der Waals surface area contributed by atoms with Crippen LogP contribution in [0.3, 0.4) is 0 Å². The van der Waals surface area contributed by atoms with Gasteiger partial charge in [-0.15, -0.1) is 0 Å². The minimum atomic E-state index is -0.0975. The molecule has 0 aromatic rings. The fraction of sp³-hybridized carbons (Fsp3) is 0.375. The van der Waals surface area contributed by atoms with Gasteiger partial charge in [0.1, 0.15) is 0 Å². The number of carbonyl (C=O) groups excluding carboxylic acids is 1. The lowest BCUT2D eigenvalue weighted by Crippen LogP contribution is -2.06. The Morgan fingerprint density at radius 1 is 1.45 bits per heavy atom. The maximum atomic E-state index is 11.2. The van der Waals surface area contributed by atoms with Crippen LogP contribution in [0.5, 0.6) is 0 Å². The highest BCUT2D eigenvalue weighted by atomic mass is 16.7. The van der Waals surface area contributed by atoms with Crippen LogP contribution in [0.1, 0.15) is 12.8 Å². The summed E-state index contributed by atoms with van der Waals surface area (Å²) >= 11 is 0. The Morgan fingerprint density at radius 2 is 2.27 bits per heavy atom. The standard InChI is InChI=1S/C8H8O3/c1-5-7(9)6-3-2-4-10-8(6)11-5/h1-4H2. The maximum absolute atomic E-state index is 11.2. The fourth-order valence-electron chi connectivity index (χ4n) is 1.23.